The van der Waals surface area contributed by atoms with Gasteiger partial charge < -0.3 is 25.2 Å². The molecule has 0 aliphatic carbocycles. The largest absolute Gasteiger partial charge is 0.468 e. The van der Waals surface area contributed by atoms with Gasteiger partial charge in [0, 0.05) is 12.6 Å². The zero-order valence-corrected chi connectivity index (χ0v) is 15.5. The highest BCUT2D eigenvalue weighted by Crippen LogP contribution is 2.09. The average molecular weight is 370 g/mol. The first-order valence-corrected chi connectivity index (χ1v) is 8.30. The normalized spacial score (nSPS) is 13.6. The Morgan fingerprint density at radius 3 is 2.35 bits per heavy atom. The smallest absolute Gasteiger partial charge is 0.407 e. The van der Waals surface area contributed by atoms with Crippen molar-refractivity contribution in [1.29, 1.82) is 0 Å². The first-order chi connectivity index (χ1) is 12.1. The highest BCUT2D eigenvalue weighted by atomic mass is 19.1. The van der Waals surface area contributed by atoms with Crippen molar-refractivity contribution in [2.24, 2.45) is 0 Å². The Balaban J connectivity index is 2.78. The number of alkyl carbamates (subject to hydrolysis) is 1. The quantitative estimate of drug-likeness (QED) is 0.599. The molecular formula is C18H27FN2O5. The van der Waals surface area contributed by atoms with E-state index < -0.39 is 36.4 Å². The molecule has 0 saturated carbocycles. The third kappa shape index (κ3) is 8.26. The minimum atomic E-state index is -0.906. The van der Waals surface area contributed by atoms with Crippen LogP contribution in [0.2, 0.25) is 0 Å². The number of hydrogen-bond acceptors (Lipinski definition) is 6. The second kappa shape index (κ2) is 10.1. The summed E-state index contributed by atoms with van der Waals surface area (Å²) in [5.74, 6) is -0.958. The summed E-state index contributed by atoms with van der Waals surface area (Å²) >= 11 is 0. The molecule has 0 aliphatic heterocycles. The molecule has 0 radical (unpaired) electrons. The van der Waals surface area contributed by atoms with Gasteiger partial charge in [-0.05, 0) is 44.9 Å². The fourth-order valence-electron chi connectivity index (χ4n) is 2.20. The molecule has 0 heterocycles. The summed E-state index contributed by atoms with van der Waals surface area (Å²) in [6.45, 7) is 4.98. The Hall–Kier alpha value is -2.19. The molecule has 146 valence electrons. The van der Waals surface area contributed by atoms with Crippen molar-refractivity contribution in [3.05, 3.63) is 35.6 Å². The van der Waals surface area contributed by atoms with E-state index in [0.717, 1.165) is 5.56 Å². The fourth-order valence-corrected chi connectivity index (χ4v) is 2.20. The van der Waals surface area contributed by atoms with Crippen LogP contribution in [0.4, 0.5) is 9.18 Å². The van der Waals surface area contributed by atoms with E-state index in [9.17, 15) is 19.1 Å². The first kappa shape index (κ1) is 21.9. The number of hydrogen-bond donors (Lipinski definition) is 3. The predicted molar refractivity (Wildman–Crippen MR) is 94.2 cm³/mol. The van der Waals surface area contributed by atoms with E-state index in [-0.39, 0.29) is 12.4 Å². The predicted octanol–water partition coefficient (Wildman–Crippen LogP) is 1.38. The second-order valence-electron chi connectivity index (χ2n) is 6.84. The van der Waals surface area contributed by atoms with Crippen molar-refractivity contribution in [1.82, 2.24) is 10.6 Å². The molecular weight excluding hydrogens is 343 g/mol. The second-order valence-corrected chi connectivity index (χ2v) is 6.84. The monoisotopic (exact) mass is 370 g/mol. The molecule has 2 atom stereocenters. The molecule has 0 saturated heterocycles. The minimum absolute atomic E-state index is 0.178. The Morgan fingerprint density at radius 2 is 1.85 bits per heavy atom. The zero-order valence-electron chi connectivity index (χ0n) is 15.5. The van der Waals surface area contributed by atoms with Gasteiger partial charge in [-0.3, -0.25) is 4.79 Å². The molecule has 7 nitrogen and oxygen atoms in total. The number of carbonyl (C=O) groups is 2. The van der Waals surface area contributed by atoms with Crippen LogP contribution in [0.3, 0.4) is 0 Å². The van der Waals surface area contributed by atoms with Crippen LogP contribution in [0.25, 0.3) is 0 Å². The van der Waals surface area contributed by atoms with E-state index in [0.29, 0.717) is 6.42 Å². The average Bonchev–Trinajstić information content (AvgIpc) is 2.55. The number of esters is 1. The molecule has 1 amide bonds. The molecule has 1 unspecified atom stereocenters. The maximum absolute atomic E-state index is 13.1. The van der Waals surface area contributed by atoms with Gasteiger partial charge in [0.05, 0.1) is 13.7 Å². The maximum atomic E-state index is 13.1. The number of benzene rings is 1. The molecule has 0 aliphatic rings. The van der Waals surface area contributed by atoms with Crippen molar-refractivity contribution < 1.29 is 28.6 Å². The lowest BCUT2D eigenvalue weighted by Crippen LogP contribution is -2.50. The van der Waals surface area contributed by atoms with E-state index in [2.05, 4.69) is 15.4 Å². The Labute approximate surface area is 152 Å². The van der Waals surface area contributed by atoms with Gasteiger partial charge in [0.15, 0.2) is 0 Å². The standard InChI is InChI=1S/C18H27FN2O5/c1-18(2,3)26-17(24)21-14(9-12-5-7-13(19)8-6-12)10-20-15(11-22)16(23)25-4/h5-8,14-15,20,22H,9-11H2,1-4H3,(H,21,24)/t14?,15-/m0/s1. The molecule has 0 bridgehead atoms. The molecule has 0 aromatic heterocycles. The van der Waals surface area contributed by atoms with Crippen LogP contribution >= 0.6 is 0 Å². The lowest BCUT2D eigenvalue weighted by Gasteiger charge is -2.25. The van der Waals surface area contributed by atoms with Crippen LogP contribution in [0.1, 0.15) is 26.3 Å². The summed E-state index contributed by atoms with van der Waals surface area (Å²) in [4.78, 5) is 23.6. The van der Waals surface area contributed by atoms with E-state index in [4.69, 9.17) is 4.74 Å². The van der Waals surface area contributed by atoms with Crippen LogP contribution < -0.4 is 10.6 Å². The van der Waals surface area contributed by atoms with Gasteiger partial charge in [0.2, 0.25) is 0 Å². The summed E-state index contributed by atoms with van der Waals surface area (Å²) in [5, 5.41) is 14.9. The molecule has 1 aromatic carbocycles. The SMILES string of the molecule is COC(=O)[C@H](CO)NCC(Cc1ccc(F)cc1)NC(=O)OC(C)(C)C. The van der Waals surface area contributed by atoms with Gasteiger partial charge in [-0.1, -0.05) is 12.1 Å². The van der Waals surface area contributed by atoms with Gasteiger partial charge >= 0.3 is 12.1 Å². The Bertz CT molecular complexity index is 586. The third-order valence-corrected chi connectivity index (χ3v) is 3.40. The zero-order chi connectivity index (χ0) is 19.7. The van der Waals surface area contributed by atoms with Crippen molar-refractivity contribution in [3.8, 4) is 0 Å². The number of ether oxygens (including phenoxy) is 2. The van der Waals surface area contributed by atoms with Gasteiger partial charge in [0.1, 0.15) is 17.5 Å². The van der Waals surface area contributed by atoms with Crippen molar-refractivity contribution in [2.45, 2.75) is 44.9 Å². The lowest BCUT2D eigenvalue weighted by atomic mass is 10.1. The highest BCUT2D eigenvalue weighted by Gasteiger charge is 2.23. The first-order valence-electron chi connectivity index (χ1n) is 8.30. The summed E-state index contributed by atoms with van der Waals surface area (Å²) in [6, 6.07) is 4.53. The lowest BCUT2D eigenvalue weighted by molar-refractivity contribution is -0.144. The number of carbonyl (C=O) groups excluding carboxylic acids is 2. The number of rotatable bonds is 8. The van der Waals surface area contributed by atoms with Crippen LogP contribution in [-0.2, 0) is 20.7 Å². The molecule has 0 spiro atoms. The van der Waals surface area contributed by atoms with Crippen LogP contribution in [0.5, 0.6) is 0 Å². The Kier molecular flexibility index (Phi) is 8.47. The fraction of sp³-hybridized carbons (Fsp3) is 0.556. The highest BCUT2D eigenvalue weighted by molar-refractivity contribution is 5.75. The van der Waals surface area contributed by atoms with Gasteiger partial charge in [0.25, 0.3) is 0 Å². The van der Waals surface area contributed by atoms with Crippen LogP contribution in [0, 0.1) is 5.82 Å². The number of halogens is 1. The van der Waals surface area contributed by atoms with Gasteiger partial charge in [-0.25, -0.2) is 9.18 Å². The summed E-state index contributed by atoms with van der Waals surface area (Å²) in [6.07, 6.45) is -0.226. The number of methoxy groups -OCH3 is 1. The minimum Gasteiger partial charge on any atom is -0.468 e. The van der Waals surface area contributed by atoms with E-state index in [1.807, 2.05) is 0 Å². The molecule has 1 rings (SSSR count). The van der Waals surface area contributed by atoms with Crippen molar-refractivity contribution >= 4 is 12.1 Å². The molecule has 1 aromatic rings. The number of nitrogens with one attached hydrogen (secondary N) is 2. The van der Waals surface area contributed by atoms with Crippen molar-refractivity contribution in [3.63, 3.8) is 0 Å². The number of amides is 1. The third-order valence-electron chi connectivity index (χ3n) is 3.40. The number of aliphatic hydroxyl groups is 1. The molecule has 8 heteroatoms. The molecule has 0 fully saturated rings. The van der Waals surface area contributed by atoms with Gasteiger partial charge in [-0.15, -0.1) is 0 Å². The van der Waals surface area contributed by atoms with Crippen LogP contribution in [0.15, 0.2) is 24.3 Å². The van der Waals surface area contributed by atoms with Gasteiger partial charge in [-0.2, -0.15) is 0 Å². The van der Waals surface area contributed by atoms with Crippen LogP contribution in [-0.4, -0.2) is 55.1 Å². The molecule has 26 heavy (non-hydrogen) atoms. The van der Waals surface area contributed by atoms with Crippen molar-refractivity contribution in [2.75, 3.05) is 20.3 Å². The topological polar surface area (TPSA) is 96.9 Å². The summed E-state index contributed by atoms with van der Waals surface area (Å²) < 4.78 is 22.9. The Morgan fingerprint density at radius 1 is 1.23 bits per heavy atom. The summed E-state index contributed by atoms with van der Waals surface area (Å²) in [5.41, 5.74) is 0.144. The van der Waals surface area contributed by atoms with E-state index >= 15 is 0 Å². The summed E-state index contributed by atoms with van der Waals surface area (Å²) in [7, 11) is 1.22. The van der Waals surface area contributed by atoms with E-state index in [1.54, 1.807) is 32.9 Å². The van der Waals surface area contributed by atoms with E-state index in [1.165, 1.54) is 19.2 Å². The maximum Gasteiger partial charge on any atom is 0.407 e. The number of aliphatic hydroxyl groups excluding tert-OH is 1. The molecule has 3 N–H and O–H groups in total.